The van der Waals surface area contributed by atoms with Crippen LogP contribution >= 0.6 is 0 Å². The fraction of sp³-hybridized carbons (Fsp3) is 0.345. The molecule has 0 saturated heterocycles. The largest absolute Gasteiger partial charge is 0.310 e. The smallest absolute Gasteiger partial charge is 0.0498 e. The Morgan fingerprint density at radius 2 is 0.875 bits per heavy atom. The van der Waals surface area contributed by atoms with Crippen LogP contribution in [0.2, 0.25) is 0 Å². The van der Waals surface area contributed by atoms with Gasteiger partial charge in [0, 0.05) is 22.5 Å². The molecule has 1 heteroatoms. The van der Waals surface area contributed by atoms with Crippen molar-refractivity contribution in [3.63, 3.8) is 0 Å². The lowest BCUT2D eigenvalue weighted by atomic mass is 9.78. The molecular formula is C55H63N. The van der Waals surface area contributed by atoms with E-state index in [0.29, 0.717) is 0 Å². The lowest BCUT2D eigenvalue weighted by Gasteiger charge is -2.33. The van der Waals surface area contributed by atoms with Crippen molar-refractivity contribution in [2.24, 2.45) is 0 Å². The lowest BCUT2D eigenvalue weighted by molar-refractivity contribution is 0.569. The zero-order chi connectivity index (χ0) is 40.6. The molecule has 0 aliphatic heterocycles. The first-order valence-corrected chi connectivity index (χ1v) is 20.6. The summed E-state index contributed by atoms with van der Waals surface area (Å²) in [6, 6.07) is 48.8. The molecule has 0 N–H and O–H groups in total. The van der Waals surface area contributed by atoms with Gasteiger partial charge in [0.2, 0.25) is 0 Å². The summed E-state index contributed by atoms with van der Waals surface area (Å²) in [5.41, 5.74) is 19.3. The van der Waals surface area contributed by atoms with Crippen LogP contribution in [0.1, 0.15) is 130 Å². The van der Waals surface area contributed by atoms with Crippen molar-refractivity contribution in [1.82, 2.24) is 0 Å². The van der Waals surface area contributed by atoms with Gasteiger partial charge in [-0.05, 0) is 125 Å². The Bertz CT molecular complexity index is 2390. The van der Waals surface area contributed by atoms with Crippen molar-refractivity contribution in [1.29, 1.82) is 0 Å². The molecule has 1 nitrogen and oxygen atoms in total. The van der Waals surface area contributed by atoms with E-state index >= 15 is 0 Å². The van der Waals surface area contributed by atoms with Crippen LogP contribution in [0.15, 0.2) is 127 Å². The summed E-state index contributed by atoms with van der Waals surface area (Å²) < 4.78 is 0. The van der Waals surface area contributed by atoms with Crippen molar-refractivity contribution in [2.45, 2.75) is 124 Å². The number of hydrogen-bond donors (Lipinski definition) is 0. The summed E-state index contributed by atoms with van der Waals surface area (Å²) in [5, 5.41) is 0. The Balaban J connectivity index is 1.44. The van der Waals surface area contributed by atoms with Crippen molar-refractivity contribution in [2.75, 3.05) is 4.90 Å². The van der Waals surface area contributed by atoms with Gasteiger partial charge in [0.05, 0.1) is 0 Å². The minimum absolute atomic E-state index is 0.0245. The minimum Gasteiger partial charge on any atom is -0.310 e. The monoisotopic (exact) mass is 737 g/mol. The first-order chi connectivity index (χ1) is 26.0. The SMILES string of the molecule is CC(C)(C)c1cc(-c2cccc(N(c3ccc4c(c3)C(C)(C)c3ccccc3-4)c3ccccc3C(C)(C)C)c2)cc(-c2cc(C(C)(C)C)cc(C(C)(C)C)c2)c1. The Labute approximate surface area is 338 Å². The van der Waals surface area contributed by atoms with Gasteiger partial charge >= 0.3 is 0 Å². The van der Waals surface area contributed by atoms with Crippen molar-refractivity contribution in [3.8, 4) is 33.4 Å². The van der Waals surface area contributed by atoms with Crippen LogP contribution in [0.25, 0.3) is 33.4 Å². The minimum atomic E-state index is -0.0973. The molecule has 0 bridgehead atoms. The maximum Gasteiger partial charge on any atom is 0.0498 e. The lowest BCUT2D eigenvalue weighted by Crippen LogP contribution is -2.20. The Morgan fingerprint density at radius 1 is 0.375 bits per heavy atom. The number of rotatable bonds is 5. The standard InChI is InChI=1S/C55H63N/c1-51(2,3)40-29-37(28-38(30-40)39-31-41(52(4,5)6)34-42(32-39)53(7,8)9)36-20-19-21-43(33-36)56(50-25-18-17-24-48(50)54(10,11)12)44-26-27-46-45-22-15-16-23-47(45)55(13,14)49(46)35-44/h15-35H,1-14H3. The molecule has 0 heterocycles. The predicted octanol–water partition coefficient (Wildman–Crippen LogP) is 16.0. The Hall–Kier alpha value is -4.88. The normalized spacial score (nSPS) is 14.0. The maximum absolute atomic E-state index is 2.50. The quantitative estimate of drug-likeness (QED) is 0.170. The second-order valence-electron chi connectivity index (χ2n) is 20.9. The molecule has 0 radical (unpaired) electrons. The van der Waals surface area contributed by atoms with Crippen LogP contribution in [0.3, 0.4) is 0 Å². The van der Waals surface area contributed by atoms with Crippen LogP contribution in [0.4, 0.5) is 17.1 Å². The highest BCUT2D eigenvalue weighted by Crippen LogP contribution is 2.51. The number of hydrogen-bond acceptors (Lipinski definition) is 1. The van der Waals surface area contributed by atoms with Crippen molar-refractivity contribution < 1.29 is 0 Å². The van der Waals surface area contributed by atoms with Gasteiger partial charge in [-0.25, -0.2) is 0 Å². The summed E-state index contributed by atoms with van der Waals surface area (Å²) in [7, 11) is 0. The zero-order valence-electron chi connectivity index (χ0n) is 36.6. The molecule has 56 heavy (non-hydrogen) atoms. The van der Waals surface area contributed by atoms with Gasteiger partial charge < -0.3 is 4.90 Å². The van der Waals surface area contributed by atoms with Gasteiger partial charge in [0.15, 0.2) is 0 Å². The molecular weight excluding hydrogens is 675 g/mol. The van der Waals surface area contributed by atoms with E-state index in [1.54, 1.807) is 0 Å². The number of para-hydroxylation sites is 1. The maximum atomic E-state index is 2.50. The average Bonchev–Trinajstić information content (AvgIpc) is 3.36. The number of fused-ring (bicyclic) bond motifs is 3. The Morgan fingerprint density at radius 3 is 1.48 bits per heavy atom. The number of nitrogens with zero attached hydrogens (tertiary/aromatic N) is 1. The molecule has 0 saturated carbocycles. The van der Waals surface area contributed by atoms with Crippen LogP contribution < -0.4 is 4.90 Å². The molecule has 0 aromatic heterocycles. The average molecular weight is 738 g/mol. The van der Waals surface area contributed by atoms with Gasteiger partial charge in [0.1, 0.15) is 0 Å². The zero-order valence-corrected chi connectivity index (χ0v) is 36.6. The van der Waals surface area contributed by atoms with E-state index in [0.717, 1.165) is 5.69 Å². The van der Waals surface area contributed by atoms with E-state index in [4.69, 9.17) is 0 Å². The fourth-order valence-electron chi connectivity index (χ4n) is 8.44. The highest BCUT2D eigenvalue weighted by atomic mass is 15.1. The van der Waals surface area contributed by atoms with E-state index < -0.39 is 0 Å². The molecule has 6 aromatic carbocycles. The third-order valence-corrected chi connectivity index (χ3v) is 12.0. The first-order valence-electron chi connectivity index (χ1n) is 20.6. The fourth-order valence-corrected chi connectivity index (χ4v) is 8.44. The van der Waals surface area contributed by atoms with Gasteiger partial charge in [-0.3, -0.25) is 0 Å². The van der Waals surface area contributed by atoms with E-state index in [1.807, 2.05) is 0 Å². The van der Waals surface area contributed by atoms with Crippen molar-refractivity contribution >= 4 is 17.1 Å². The highest BCUT2D eigenvalue weighted by Gasteiger charge is 2.36. The predicted molar refractivity (Wildman–Crippen MR) is 244 cm³/mol. The molecule has 1 aliphatic rings. The van der Waals surface area contributed by atoms with E-state index in [1.165, 1.54) is 78.1 Å². The third kappa shape index (κ3) is 7.38. The molecule has 288 valence electrons. The summed E-state index contributed by atoms with van der Waals surface area (Å²) in [4.78, 5) is 2.50. The van der Waals surface area contributed by atoms with Crippen molar-refractivity contribution in [3.05, 3.63) is 161 Å². The van der Waals surface area contributed by atoms with Gasteiger partial charge in [-0.2, -0.15) is 0 Å². The number of benzene rings is 6. The topological polar surface area (TPSA) is 3.24 Å². The van der Waals surface area contributed by atoms with Crippen LogP contribution in [0.5, 0.6) is 0 Å². The molecule has 0 atom stereocenters. The van der Waals surface area contributed by atoms with Gasteiger partial charge in [-0.15, -0.1) is 0 Å². The summed E-state index contributed by atoms with van der Waals surface area (Å²) in [6.45, 7) is 32.6. The van der Waals surface area contributed by atoms with Crippen LogP contribution in [-0.4, -0.2) is 0 Å². The molecule has 7 rings (SSSR count). The summed E-state index contributed by atoms with van der Waals surface area (Å²) in [5.74, 6) is 0. The van der Waals surface area contributed by atoms with E-state index in [9.17, 15) is 0 Å². The first kappa shape index (κ1) is 39.4. The second-order valence-corrected chi connectivity index (χ2v) is 20.9. The molecule has 1 aliphatic carbocycles. The molecule has 0 amide bonds. The molecule has 0 spiro atoms. The summed E-state index contributed by atoms with van der Waals surface area (Å²) in [6.07, 6.45) is 0. The molecule has 6 aromatic rings. The van der Waals surface area contributed by atoms with Crippen LogP contribution in [-0.2, 0) is 27.1 Å². The number of anilines is 3. The van der Waals surface area contributed by atoms with E-state index in [-0.39, 0.29) is 27.1 Å². The molecule has 0 fully saturated rings. The third-order valence-electron chi connectivity index (χ3n) is 12.0. The highest BCUT2D eigenvalue weighted by molar-refractivity contribution is 5.87. The summed E-state index contributed by atoms with van der Waals surface area (Å²) >= 11 is 0. The second kappa shape index (κ2) is 13.7. The Kier molecular flexibility index (Phi) is 9.59. The molecule has 0 unspecified atom stereocenters. The van der Waals surface area contributed by atoms with E-state index in [2.05, 4.69) is 229 Å². The van der Waals surface area contributed by atoms with Gasteiger partial charge in [-0.1, -0.05) is 188 Å². The van der Waals surface area contributed by atoms with Crippen LogP contribution in [0, 0.1) is 0 Å². The van der Waals surface area contributed by atoms with Gasteiger partial charge in [0.25, 0.3) is 0 Å².